The quantitative estimate of drug-likeness (QED) is 0.415. The van der Waals surface area contributed by atoms with Crippen molar-refractivity contribution in [1.82, 2.24) is 9.97 Å². The molecule has 0 bridgehead atoms. The fourth-order valence-electron chi connectivity index (χ4n) is 2.83. The van der Waals surface area contributed by atoms with Gasteiger partial charge in [-0.1, -0.05) is 15.9 Å². The van der Waals surface area contributed by atoms with E-state index in [1.807, 2.05) is 6.07 Å². The highest BCUT2D eigenvalue weighted by molar-refractivity contribution is 9.10. The van der Waals surface area contributed by atoms with E-state index in [4.69, 9.17) is 0 Å². The summed E-state index contributed by atoms with van der Waals surface area (Å²) < 4.78 is 14.4. The Morgan fingerprint density at radius 1 is 1.04 bits per heavy atom. The fourth-order valence-corrected chi connectivity index (χ4v) is 3.19. The van der Waals surface area contributed by atoms with Crippen molar-refractivity contribution in [3.05, 3.63) is 51.6 Å². The van der Waals surface area contributed by atoms with Crippen molar-refractivity contribution >= 4 is 43.4 Å². The number of hydrogen-bond acceptors (Lipinski definition) is 3. The summed E-state index contributed by atoms with van der Waals surface area (Å²) in [6.07, 6.45) is 0. The molecule has 0 saturated heterocycles. The second kappa shape index (κ2) is 4.92. The van der Waals surface area contributed by atoms with E-state index < -0.39 is 5.82 Å². The largest absolute Gasteiger partial charge is 0.494 e. The summed E-state index contributed by atoms with van der Waals surface area (Å²) in [5.41, 5.74) is 2.10. The van der Waals surface area contributed by atoms with Crippen LogP contribution < -0.4 is 0 Å². The van der Waals surface area contributed by atoms with E-state index in [1.165, 1.54) is 18.2 Å². The molecule has 5 nitrogen and oxygen atoms in total. The van der Waals surface area contributed by atoms with E-state index in [2.05, 4.69) is 31.1 Å². The third-order valence-electron chi connectivity index (χ3n) is 3.82. The van der Waals surface area contributed by atoms with E-state index in [0.29, 0.717) is 33.1 Å². The number of H-pyrrole nitrogens is 2. The highest BCUT2D eigenvalue weighted by Gasteiger charge is 2.21. The number of aromatic hydroxyl groups is 1. The Bertz CT molecular complexity index is 1080. The van der Waals surface area contributed by atoms with E-state index >= 15 is 0 Å². The van der Waals surface area contributed by atoms with Crippen LogP contribution in [0.25, 0.3) is 33.1 Å². The number of nitrogens with zero attached hydrogens (tertiary/aromatic N) is 1. The molecule has 7 heteroatoms. The Balaban J connectivity index is 2.12. The molecule has 0 atom stereocenters. The Morgan fingerprint density at radius 2 is 1.78 bits per heavy atom. The third-order valence-corrected chi connectivity index (χ3v) is 4.31. The van der Waals surface area contributed by atoms with Gasteiger partial charge in [-0.15, -0.1) is 4.91 Å². The van der Waals surface area contributed by atoms with Crippen LogP contribution in [0, 0.1) is 10.7 Å². The molecule has 3 N–H and O–H groups in total. The number of benzene rings is 2. The number of fused-ring (bicyclic) bond motifs is 2. The van der Waals surface area contributed by atoms with Crippen LogP contribution >= 0.6 is 15.9 Å². The van der Waals surface area contributed by atoms with Crippen LogP contribution in [-0.4, -0.2) is 15.1 Å². The van der Waals surface area contributed by atoms with Crippen molar-refractivity contribution in [2.75, 3.05) is 0 Å². The van der Waals surface area contributed by atoms with Gasteiger partial charge in [0, 0.05) is 26.3 Å². The molecule has 23 heavy (non-hydrogen) atoms. The van der Waals surface area contributed by atoms with E-state index in [-0.39, 0.29) is 11.6 Å². The smallest absolute Gasteiger partial charge is 0.199 e. The molecule has 0 unspecified atom stereocenters. The monoisotopic (exact) mass is 373 g/mol. The predicted molar refractivity (Wildman–Crippen MR) is 90.4 cm³/mol. The minimum atomic E-state index is -0.433. The molecule has 0 aliphatic carbocycles. The number of nitrogens with one attached hydrogen (secondary N) is 2. The second-order valence-electron chi connectivity index (χ2n) is 5.17. The summed E-state index contributed by atoms with van der Waals surface area (Å²) in [4.78, 5) is 17.2. The zero-order chi connectivity index (χ0) is 16.1. The van der Waals surface area contributed by atoms with E-state index in [0.717, 1.165) is 4.47 Å². The van der Waals surface area contributed by atoms with Crippen molar-refractivity contribution in [2.24, 2.45) is 5.18 Å². The Morgan fingerprint density at radius 3 is 2.57 bits per heavy atom. The van der Waals surface area contributed by atoms with Crippen molar-refractivity contribution < 1.29 is 9.50 Å². The van der Waals surface area contributed by atoms with Gasteiger partial charge in [-0.3, -0.25) is 0 Å². The molecule has 2 aromatic carbocycles. The first-order chi connectivity index (χ1) is 11.1. The number of halogens is 2. The molecule has 2 heterocycles. The molecule has 0 aliphatic heterocycles. The molecule has 0 saturated carbocycles. The molecular weight excluding hydrogens is 365 g/mol. The Labute approximate surface area is 137 Å². The van der Waals surface area contributed by atoms with Crippen molar-refractivity contribution in [3.63, 3.8) is 0 Å². The van der Waals surface area contributed by atoms with Gasteiger partial charge >= 0.3 is 0 Å². The summed E-state index contributed by atoms with van der Waals surface area (Å²) in [6.45, 7) is 0. The normalized spacial score (nSPS) is 11.4. The maximum absolute atomic E-state index is 13.6. The summed E-state index contributed by atoms with van der Waals surface area (Å²) >= 11 is 3.35. The van der Waals surface area contributed by atoms with Gasteiger partial charge < -0.3 is 15.1 Å². The van der Waals surface area contributed by atoms with Crippen LogP contribution in [0.15, 0.2) is 46.0 Å². The van der Waals surface area contributed by atoms with Gasteiger partial charge in [0.25, 0.3) is 0 Å². The van der Waals surface area contributed by atoms with Gasteiger partial charge in [0.15, 0.2) is 5.88 Å². The topological polar surface area (TPSA) is 81.2 Å². The van der Waals surface area contributed by atoms with Crippen molar-refractivity contribution in [3.8, 4) is 17.1 Å². The summed E-state index contributed by atoms with van der Waals surface area (Å²) in [6, 6.07) is 9.51. The first-order valence-electron chi connectivity index (χ1n) is 6.73. The average molecular weight is 374 g/mol. The first-order valence-corrected chi connectivity index (χ1v) is 7.53. The van der Waals surface area contributed by atoms with Gasteiger partial charge in [0.2, 0.25) is 0 Å². The van der Waals surface area contributed by atoms with E-state index in [1.54, 1.807) is 12.1 Å². The van der Waals surface area contributed by atoms with Crippen LogP contribution in [0.2, 0.25) is 0 Å². The molecule has 2 aromatic heterocycles. The maximum atomic E-state index is 13.6. The molecule has 4 aromatic rings. The van der Waals surface area contributed by atoms with Crippen LogP contribution in [0.3, 0.4) is 0 Å². The number of nitroso groups, excluding NO2 is 1. The lowest BCUT2D eigenvalue weighted by molar-refractivity contribution is 0.460. The van der Waals surface area contributed by atoms with E-state index in [9.17, 15) is 14.4 Å². The number of aromatic amines is 2. The van der Waals surface area contributed by atoms with Crippen LogP contribution in [0.5, 0.6) is 5.88 Å². The summed E-state index contributed by atoms with van der Waals surface area (Å²) in [7, 11) is 0. The zero-order valence-electron chi connectivity index (χ0n) is 11.5. The highest BCUT2D eigenvalue weighted by atomic mass is 79.9. The van der Waals surface area contributed by atoms with Gasteiger partial charge in [-0.05, 0) is 41.6 Å². The van der Waals surface area contributed by atoms with Crippen LogP contribution in [0.4, 0.5) is 10.1 Å². The maximum Gasteiger partial charge on any atom is 0.199 e. The molecule has 0 radical (unpaired) electrons. The third kappa shape index (κ3) is 2.04. The predicted octanol–water partition coefficient (Wildman–Crippen LogP) is 5.32. The van der Waals surface area contributed by atoms with Gasteiger partial charge in [0.05, 0.1) is 11.3 Å². The molecular formula is C16H9BrFN3O2. The lowest BCUT2D eigenvalue weighted by Crippen LogP contribution is -1.78. The summed E-state index contributed by atoms with van der Waals surface area (Å²) in [5, 5.41) is 14.4. The molecule has 0 spiro atoms. The molecule has 0 fully saturated rings. The van der Waals surface area contributed by atoms with Crippen LogP contribution in [-0.2, 0) is 0 Å². The lowest BCUT2D eigenvalue weighted by atomic mass is 10.1. The Hall–Kier alpha value is -2.67. The highest BCUT2D eigenvalue weighted by Crippen LogP contribution is 2.44. The molecule has 0 aliphatic rings. The van der Waals surface area contributed by atoms with Crippen molar-refractivity contribution in [2.45, 2.75) is 0 Å². The first kappa shape index (κ1) is 14.0. The second-order valence-corrected chi connectivity index (χ2v) is 6.08. The zero-order valence-corrected chi connectivity index (χ0v) is 13.1. The number of aromatic nitrogens is 2. The fraction of sp³-hybridized carbons (Fsp3) is 0. The van der Waals surface area contributed by atoms with Crippen LogP contribution in [0.1, 0.15) is 0 Å². The summed E-state index contributed by atoms with van der Waals surface area (Å²) in [5.74, 6) is -0.585. The molecule has 0 amide bonds. The number of rotatable bonds is 2. The lowest BCUT2D eigenvalue weighted by Gasteiger charge is -1.99. The standard InChI is InChI=1S/C16H9BrFN3O2/c17-7-1-3-12-10(5-7)14(21-23)15(19-12)13-9-6-8(18)2-4-11(9)20-16(13)22/h1-6,19-20,22H. The number of hydrogen-bond donors (Lipinski definition) is 3. The molecule has 4 rings (SSSR count). The van der Waals surface area contributed by atoms with Gasteiger partial charge in [-0.25, -0.2) is 4.39 Å². The molecule has 114 valence electrons. The van der Waals surface area contributed by atoms with Crippen molar-refractivity contribution in [1.29, 1.82) is 0 Å². The van der Waals surface area contributed by atoms with Gasteiger partial charge in [0.1, 0.15) is 11.5 Å². The Kier molecular flexibility index (Phi) is 2.99. The minimum Gasteiger partial charge on any atom is -0.494 e. The van der Waals surface area contributed by atoms with Gasteiger partial charge in [-0.2, -0.15) is 0 Å². The SMILES string of the molecule is O=Nc1c(-c2c(O)[nH]c3ccc(F)cc23)[nH]c2ccc(Br)cc12. The average Bonchev–Trinajstić information content (AvgIpc) is 3.02. The minimum absolute atomic E-state index is 0.152.